The van der Waals surface area contributed by atoms with Crippen LogP contribution in [0.2, 0.25) is 0 Å². The summed E-state index contributed by atoms with van der Waals surface area (Å²) in [5.74, 6) is 0.928. The first-order chi connectivity index (χ1) is 9.31. The van der Waals surface area contributed by atoms with Crippen molar-refractivity contribution < 1.29 is 4.74 Å². The molecule has 1 aromatic heterocycles. The van der Waals surface area contributed by atoms with Crippen LogP contribution in [0.25, 0.3) is 10.9 Å². The lowest BCUT2D eigenvalue weighted by Gasteiger charge is -2.32. The number of nitrogens with one attached hydrogen (secondary N) is 1. The number of hydrogen-bond donors (Lipinski definition) is 1. The standard InChI is InChI=1S/C15H20N3O/c1-17-6-8-18(9-7-17)10-11-19-14-3-2-13-4-5-16-15(13)12-14/h2-4,12,16H,6-11H2,1H3. The van der Waals surface area contributed by atoms with Crippen molar-refractivity contribution in [3.63, 3.8) is 0 Å². The second-order valence-electron chi connectivity index (χ2n) is 5.16. The number of fused-ring (bicyclic) bond motifs is 1. The first-order valence-electron chi connectivity index (χ1n) is 6.84. The summed E-state index contributed by atoms with van der Waals surface area (Å²) in [6.07, 6.45) is 2.98. The number of likely N-dealkylation sites (N-methyl/N-ethyl adjacent to an activating group) is 1. The summed E-state index contributed by atoms with van der Waals surface area (Å²) in [5, 5.41) is 1.17. The normalized spacial score (nSPS) is 17.9. The highest BCUT2D eigenvalue weighted by atomic mass is 16.5. The van der Waals surface area contributed by atoms with Crippen molar-refractivity contribution in [1.82, 2.24) is 14.8 Å². The summed E-state index contributed by atoms with van der Waals surface area (Å²) in [5.41, 5.74) is 1.08. The lowest BCUT2D eigenvalue weighted by molar-refractivity contribution is 0.134. The molecule has 101 valence electrons. The fourth-order valence-corrected chi connectivity index (χ4v) is 2.41. The van der Waals surface area contributed by atoms with Gasteiger partial charge in [0.15, 0.2) is 0 Å². The van der Waals surface area contributed by atoms with Gasteiger partial charge in [0.05, 0.1) is 6.20 Å². The molecule has 1 N–H and O–H groups in total. The van der Waals surface area contributed by atoms with Crippen molar-refractivity contribution in [2.24, 2.45) is 0 Å². The number of nitrogens with zero attached hydrogens (tertiary/aromatic N) is 2. The van der Waals surface area contributed by atoms with Gasteiger partial charge in [-0.15, -0.1) is 0 Å². The maximum absolute atomic E-state index is 5.82. The Bertz CT molecular complexity index is 529. The van der Waals surface area contributed by atoms with Gasteiger partial charge in [0.1, 0.15) is 12.4 Å². The molecule has 2 aromatic rings. The van der Waals surface area contributed by atoms with Crippen molar-refractivity contribution in [3.05, 3.63) is 30.5 Å². The van der Waals surface area contributed by atoms with Crippen LogP contribution in [0.15, 0.2) is 24.3 Å². The molecular formula is C15H20N3O. The molecule has 1 aliphatic heterocycles. The predicted molar refractivity (Wildman–Crippen MR) is 76.6 cm³/mol. The van der Waals surface area contributed by atoms with E-state index in [0.717, 1.165) is 50.6 Å². The Kier molecular flexibility index (Phi) is 3.71. The van der Waals surface area contributed by atoms with E-state index in [9.17, 15) is 0 Å². The van der Waals surface area contributed by atoms with Gasteiger partial charge in [0.25, 0.3) is 0 Å². The van der Waals surface area contributed by atoms with Crippen LogP contribution < -0.4 is 4.74 Å². The van der Waals surface area contributed by atoms with Gasteiger partial charge >= 0.3 is 0 Å². The Morgan fingerprint density at radius 2 is 2.11 bits per heavy atom. The number of ether oxygens (including phenoxy) is 1. The molecule has 2 heterocycles. The third-order valence-electron chi connectivity index (χ3n) is 3.73. The fraction of sp³-hybridized carbons (Fsp3) is 0.467. The third-order valence-corrected chi connectivity index (χ3v) is 3.73. The highest BCUT2D eigenvalue weighted by molar-refractivity contribution is 5.80. The van der Waals surface area contributed by atoms with E-state index in [0.29, 0.717) is 0 Å². The predicted octanol–water partition coefficient (Wildman–Crippen LogP) is 1.59. The van der Waals surface area contributed by atoms with Crippen LogP contribution in [0, 0.1) is 6.20 Å². The average Bonchev–Trinajstić information content (AvgIpc) is 2.88. The van der Waals surface area contributed by atoms with E-state index in [4.69, 9.17) is 4.74 Å². The molecule has 0 unspecified atom stereocenters. The molecule has 0 aliphatic carbocycles. The van der Waals surface area contributed by atoms with E-state index in [1.807, 2.05) is 18.2 Å². The lowest BCUT2D eigenvalue weighted by atomic mass is 10.2. The summed E-state index contributed by atoms with van der Waals surface area (Å²) in [7, 11) is 2.18. The number of H-pyrrole nitrogens is 1. The summed E-state index contributed by atoms with van der Waals surface area (Å²) in [6, 6.07) is 8.07. The monoisotopic (exact) mass is 258 g/mol. The molecule has 19 heavy (non-hydrogen) atoms. The highest BCUT2D eigenvalue weighted by Gasteiger charge is 2.13. The molecule has 4 nitrogen and oxygen atoms in total. The number of rotatable bonds is 4. The number of piperazine rings is 1. The molecular weight excluding hydrogens is 238 g/mol. The maximum atomic E-state index is 5.82. The van der Waals surface area contributed by atoms with Gasteiger partial charge in [-0.25, -0.2) is 0 Å². The average molecular weight is 258 g/mol. The van der Waals surface area contributed by atoms with Crippen molar-refractivity contribution >= 4 is 10.9 Å². The van der Waals surface area contributed by atoms with Gasteiger partial charge in [-0.1, -0.05) is 0 Å². The van der Waals surface area contributed by atoms with E-state index >= 15 is 0 Å². The Labute approximate surface area is 114 Å². The first kappa shape index (κ1) is 12.5. The molecule has 1 fully saturated rings. The van der Waals surface area contributed by atoms with Crippen molar-refractivity contribution in [3.8, 4) is 5.75 Å². The minimum absolute atomic E-state index is 0.750. The van der Waals surface area contributed by atoms with Crippen LogP contribution in [0.4, 0.5) is 0 Å². The summed E-state index contributed by atoms with van der Waals surface area (Å²) >= 11 is 0. The Balaban J connectivity index is 1.49. The van der Waals surface area contributed by atoms with Crippen molar-refractivity contribution in [1.29, 1.82) is 0 Å². The smallest absolute Gasteiger partial charge is 0.121 e. The molecule has 3 rings (SSSR count). The number of benzene rings is 1. The number of aromatic amines is 1. The minimum atomic E-state index is 0.750. The zero-order valence-electron chi connectivity index (χ0n) is 11.4. The summed E-state index contributed by atoms with van der Waals surface area (Å²) in [4.78, 5) is 7.91. The van der Waals surface area contributed by atoms with Crippen LogP contribution in [0.5, 0.6) is 5.75 Å². The minimum Gasteiger partial charge on any atom is -0.492 e. The Morgan fingerprint density at radius 1 is 1.26 bits per heavy atom. The zero-order valence-corrected chi connectivity index (χ0v) is 11.4. The SMILES string of the molecule is CN1CCN(CCOc2ccc3c[c][nH]c3c2)CC1. The third kappa shape index (κ3) is 3.08. The van der Waals surface area contributed by atoms with E-state index in [2.05, 4.69) is 34.1 Å². The van der Waals surface area contributed by atoms with Gasteiger partial charge < -0.3 is 14.6 Å². The molecule has 0 atom stereocenters. The largest absolute Gasteiger partial charge is 0.492 e. The lowest BCUT2D eigenvalue weighted by Crippen LogP contribution is -2.45. The van der Waals surface area contributed by atoms with Crippen LogP contribution in [-0.2, 0) is 0 Å². The molecule has 1 aliphatic rings. The molecule has 1 radical (unpaired) electrons. The molecule has 0 saturated carbocycles. The molecule has 0 spiro atoms. The quantitative estimate of drug-likeness (QED) is 0.904. The van der Waals surface area contributed by atoms with Gasteiger partial charge in [-0.2, -0.15) is 0 Å². The molecule has 0 amide bonds. The molecule has 1 saturated heterocycles. The first-order valence-corrected chi connectivity index (χ1v) is 6.84. The number of aromatic nitrogens is 1. The van der Waals surface area contributed by atoms with E-state index in [1.54, 1.807) is 0 Å². The van der Waals surface area contributed by atoms with Crippen LogP contribution in [-0.4, -0.2) is 61.2 Å². The number of hydrogen-bond acceptors (Lipinski definition) is 3. The Morgan fingerprint density at radius 3 is 2.95 bits per heavy atom. The van der Waals surface area contributed by atoms with Gasteiger partial charge in [0, 0.05) is 49.7 Å². The summed E-state index contributed by atoms with van der Waals surface area (Å²) in [6.45, 7) is 6.35. The fourth-order valence-electron chi connectivity index (χ4n) is 2.41. The van der Waals surface area contributed by atoms with E-state index in [-0.39, 0.29) is 0 Å². The second kappa shape index (κ2) is 5.63. The van der Waals surface area contributed by atoms with Gasteiger partial charge in [-0.05, 0) is 25.2 Å². The Hall–Kier alpha value is -1.52. The zero-order chi connectivity index (χ0) is 13.1. The molecule has 1 aromatic carbocycles. The van der Waals surface area contributed by atoms with E-state index in [1.165, 1.54) is 5.39 Å². The van der Waals surface area contributed by atoms with E-state index < -0.39 is 0 Å². The highest BCUT2D eigenvalue weighted by Crippen LogP contribution is 2.19. The second-order valence-corrected chi connectivity index (χ2v) is 5.16. The van der Waals surface area contributed by atoms with Gasteiger partial charge in [0.2, 0.25) is 0 Å². The van der Waals surface area contributed by atoms with Crippen molar-refractivity contribution in [2.75, 3.05) is 46.4 Å². The van der Waals surface area contributed by atoms with Crippen LogP contribution in [0.1, 0.15) is 0 Å². The van der Waals surface area contributed by atoms with Crippen molar-refractivity contribution in [2.45, 2.75) is 0 Å². The molecule has 0 bridgehead atoms. The summed E-state index contributed by atoms with van der Waals surface area (Å²) < 4.78 is 5.82. The molecule has 4 heteroatoms. The van der Waals surface area contributed by atoms with Crippen LogP contribution >= 0.6 is 0 Å². The maximum Gasteiger partial charge on any atom is 0.121 e. The van der Waals surface area contributed by atoms with Gasteiger partial charge in [-0.3, -0.25) is 4.90 Å². The van der Waals surface area contributed by atoms with Crippen LogP contribution in [0.3, 0.4) is 0 Å². The topological polar surface area (TPSA) is 31.5 Å².